The first-order valence-electron chi connectivity index (χ1n) is 2.81. The lowest BCUT2D eigenvalue weighted by atomic mass is 10.2. The molecule has 1 rings (SSSR count). The summed E-state index contributed by atoms with van der Waals surface area (Å²) in [7, 11) is 0. The van der Waals surface area contributed by atoms with Crippen LogP contribution in [0.2, 0.25) is 0 Å². The molecule has 0 bridgehead atoms. The minimum absolute atomic E-state index is 0.586. The summed E-state index contributed by atoms with van der Waals surface area (Å²) in [6.45, 7) is 0. The van der Waals surface area contributed by atoms with Gasteiger partial charge in [-0.25, -0.2) is 9.18 Å². The van der Waals surface area contributed by atoms with Crippen LogP contribution in [0.1, 0.15) is 10.4 Å². The van der Waals surface area contributed by atoms with Crippen molar-refractivity contribution >= 4 is 5.97 Å². The van der Waals surface area contributed by atoms with Crippen molar-refractivity contribution in [2.45, 2.75) is 0 Å². The van der Waals surface area contributed by atoms with Crippen LogP contribution in [-0.4, -0.2) is 11.1 Å². The molecule has 0 aliphatic rings. The molecule has 0 spiro atoms. The molecule has 0 saturated heterocycles. The Morgan fingerprint density at radius 1 is 1.55 bits per heavy atom. The van der Waals surface area contributed by atoms with Gasteiger partial charge in [-0.3, -0.25) is 0 Å². The van der Waals surface area contributed by atoms with Gasteiger partial charge in [0.05, 0.1) is 5.56 Å². The third-order valence-electron chi connectivity index (χ3n) is 1.19. The minimum Gasteiger partial charge on any atom is -0.870 e. The van der Waals surface area contributed by atoms with E-state index < -0.39 is 23.1 Å². The SMILES string of the molecule is O=C(O)c1cccc([O-])c1F. The molecule has 0 amide bonds. The monoisotopic (exact) mass is 155 g/mol. The lowest BCUT2D eigenvalue weighted by Crippen LogP contribution is -2.03. The van der Waals surface area contributed by atoms with E-state index in [-0.39, 0.29) is 0 Å². The summed E-state index contributed by atoms with van der Waals surface area (Å²) in [6, 6.07) is 3.22. The van der Waals surface area contributed by atoms with Gasteiger partial charge in [0.1, 0.15) is 5.82 Å². The maximum atomic E-state index is 12.6. The average Bonchev–Trinajstić information content (AvgIpc) is 1.94. The fourth-order valence-electron chi connectivity index (χ4n) is 0.676. The van der Waals surface area contributed by atoms with Gasteiger partial charge in [-0.2, -0.15) is 0 Å². The molecule has 1 aromatic carbocycles. The molecular formula is C7H4FO3-. The zero-order chi connectivity index (χ0) is 8.43. The topological polar surface area (TPSA) is 60.4 Å². The van der Waals surface area contributed by atoms with Crippen LogP contribution in [0, 0.1) is 5.82 Å². The highest BCUT2D eigenvalue weighted by Crippen LogP contribution is 2.15. The Hall–Kier alpha value is -1.58. The maximum absolute atomic E-state index is 12.6. The second-order valence-corrected chi connectivity index (χ2v) is 1.92. The summed E-state index contributed by atoms with van der Waals surface area (Å²) in [5, 5.41) is 18.8. The standard InChI is InChI=1S/C7H5FO3/c8-6-4(7(10)11)2-1-3-5(6)9/h1-3,9H,(H,10,11)/p-1. The van der Waals surface area contributed by atoms with Crippen molar-refractivity contribution in [2.75, 3.05) is 0 Å². The summed E-state index contributed by atoms with van der Waals surface area (Å²) in [5.74, 6) is -3.54. The van der Waals surface area contributed by atoms with E-state index in [0.29, 0.717) is 0 Å². The van der Waals surface area contributed by atoms with Crippen LogP contribution in [-0.2, 0) is 0 Å². The molecule has 0 fully saturated rings. The number of carbonyl (C=O) groups is 1. The van der Waals surface area contributed by atoms with E-state index in [1.54, 1.807) is 0 Å². The lowest BCUT2D eigenvalue weighted by Gasteiger charge is -2.07. The predicted molar refractivity (Wildman–Crippen MR) is 32.8 cm³/mol. The molecule has 0 atom stereocenters. The van der Waals surface area contributed by atoms with E-state index in [4.69, 9.17) is 5.11 Å². The summed E-state index contributed by atoms with van der Waals surface area (Å²) in [5.41, 5.74) is -0.586. The molecule has 0 radical (unpaired) electrons. The fourth-order valence-corrected chi connectivity index (χ4v) is 0.676. The van der Waals surface area contributed by atoms with Crippen molar-refractivity contribution in [3.05, 3.63) is 29.6 Å². The largest absolute Gasteiger partial charge is 0.870 e. The van der Waals surface area contributed by atoms with Crippen molar-refractivity contribution < 1.29 is 19.4 Å². The van der Waals surface area contributed by atoms with E-state index in [1.807, 2.05) is 0 Å². The first kappa shape index (κ1) is 7.53. The normalized spacial score (nSPS) is 9.55. The van der Waals surface area contributed by atoms with Crippen LogP contribution in [0.3, 0.4) is 0 Å². The first-order valence-corrected chi connectivity index (χ1v) is 2.81. The van der Waals surface area contributed by atoms with Crippen LogP contribution < -0.4 is 5.11 Å². The van der Waals surface area contributed by atoms with Crippen LogP contribution in [0.15, 0.2) is 18.2 Å². The first-order chi connectivity index (χ1) is 5.13. The maximum Gasteiger partial charge on any atom is 0.338 e. The summed E-state index contributed by atoms with van der Waals surface area (Å²) in [6.07, 6.45) is 0. The Labute approximate surface area is 61.7 Å². The van der Waals surface area contributed by atoms with Gasteiger partial charge in [-0.15, -0.1) is 0 Å². The molecule has 0 aliphatic heterocycles. The second-order valence-electron chi connectivity index (χ2n) is 1.92. The van der Waals surface area contributed by atoms with Gasteiger partial charge in [-0.1, -0.05) is 17.9 Å². The van der Waals surface area contributed by atoms with Crippen LogP contribution in [0.25, 0.3) is 0 Å². The van der Waals surface area contributed by atoms with Gasteiger partial charge in [-0.05, 0) is 6.07 Å². The van der Waals surface area contributed by atoms with Gasteiger partial charge in [0.25, 0.3) is 0 Å². The molecule has 0 aliphatic carbocycles. The van der Waals surface area contributed by atoms with Gasteiger partial charge >= 0.3 is 5.97 Å². The summed E-state index contributed by atoms with van der Waals surface area (Å²) in [4.78, 5) is 10.2. The van der Waals surface area contributed by atoms with E-state index >= 15 is 0 Å². The van der Waals surface area contributed by atoms with Gasteiger partial charge in [0.2, 0.25) is 0 Å². The molecule has 3 nitrogen and oxygen atoms in total. The van der Waals surface area contributed by atoms with Crippen LogP contribution in [0.5, 0.6) is 5.75 Å². The number of aromatic carboxylic acids is 1. The zero-order valence-corrected chi connectivity index (χ0v) is 5.37. The number of carboxylic acids is 1. The van der Waals surface area contributed by atoms with Crippen molar-refractivity contribution in [3.63, 3.8) is 0 Å². The molecule has 0 saturated carbocycles. The molecule has 0 aromatic heterocycles. The smallest absolute Gasteiger partial charge is 0.338 e. The summed E-state index contributed by atoms with van der Waals surface area (Å²) >= 11 is 0. The molecule has 1 aromatic rings. The molecule has 4 heteroatoms. The Balaban J connectivity index is 3.27. The molecule has 0 heterocycles. The van der Waals surface area contributed by atoms with Gasteiger partial charge < -0.3 is 10.2 Å². The van der Waals surface area contributed by atoms with Crippen molar-refractivity contribution in [1.29, 1.82) is 0 Å². The number of rotatable bonds is 1. The molecule has 0 unspecified atom stereocenters. The van der Waals surface area contributed by atoms with E-state index in [9.17, 15) is 14.3 Å². The van der Waals surface area contributed by atoms with Crippen molar-refractivity contribution in [1.82, 2.24) is 0 Å². The quantitative estimate of drug-likeness (QED) is 0.645. The van der Waals surface area contributed by atoms with Crippen LogP contribution in [0.4, 0.5) is 4.39 Å². The molecular weight excluding hydrogens is 151 g/mol. The fraction of sp³-hybridized carbons (Fsp3) is 0. The number of benzene rings is 1. The number of hydrogen-bond donors (Lipinski definition) is 1. The van der Waals surface area contributed by atoms with Crippen molar-refractivity contribution in [2.24, 2.45) is 0 Å². The highest BCUT2D eigenvalue weighted by molar-refractivity contribution is 5.88. The molecule has 11 heavy (non-hydrogen) atoms. The third-order valence-corrected chi connectivity index (χ3v) is 1.19. The van der Waals surface area contributed by atoms with Crippen LogP contribution >= 0.6 is 0 Å². The Morgan fingerprint density at radius 2 is 2.18 bits per heavy atom. The molecule has 58 valence electrons. The van der Waals surface area contributed by atoms with E-state index in [1.165, 1.54) is 6.07 Å². The highest BCUT2D eigenvalue weighted by Gasteiger charge is 2.08. The Morgan fingerprint density at radius 3 is 2.64 bits per heavy atom. The number of hydrogen-bond acceptors (Lipinski definition) is 2. The third kappa shape index (κ3) is 1.29. The molecule has 1 N–H and O–H groups in total. The number of carboxylic acid groups (broad SMARTS) is 1. The lowest BCUT2D eigenvalue weighted by molar-refractivity contribution is -0.272. The Kier molecular flexibility index (Phi) is 1.76. The zero-order valence-electron chi connectivity index (χ0n) is 5.37. The van der Waals surface area contributed by atoms with E-state index in [0.717, 1.165) is 12.1 Å². The van der Waals surface area contributed by atoms with Gasteiger partial charge in [0, 0.05) is 0 Å². The average molecular weight is 155 g/mol. The van der Waals surface area contributed by atoms with Gasteiger partial charge in [0.15, 0.2) is 0 Å². The van der Waals surface area contributed by atoms with E-state index in [2.05, 4.69) is 0 Å². The Bertz CT molecular complexity index is 296. The highest BCUT2D eigenvalue weighted by atomic mass is 19.1. The minimum atomic E-state index is -1.43. The second kappa shape index (κ2) is 2.57. The van der Waals surface area contributed by atoms with Crippen molar-refractivity contribution in [3.8, 4) is 5.75 Å². The predicted octanol–water partition coefficient (Wildman–Crippen LogP) is 0.597. The number of halogens is 1. The summed E-state index contributed by atoms with van der Waals surface area (Å²) < 4.78 is 12.6.